The first-order valence-corrected chi connectivity index (χ1v) is 5.50. The molecule has 2 amide bonds. The highest BCUT2D eigenvalue weighted by Crippen LogP contribution is 2.00. The van der Waals surface area contributed by atoms with Gasteiger partial charge in [0.05, 0.1) is 7.11 Å². The van der Waals surface area contributed by atoms with E-state index in [1.807, 2.05) is 30.3 Å². The lowest BCUT2D eigenvalue weighted by Crippen LogP contribution is -2.43. The molecule has 1 atom stereocenters. The van der Waals surface area contributed by atoms with Crippen molar-refractivity contribution in [2.75, 3.05) is 7.11 Å². The molecule has 0 aliphatic rings. The Hall–Kier alpha value is -2.14. The maximum atomic E-state index is 11.5. The largest absolute Gasteiger partial charge is 0.341 e. The first kappa shape index (κ1) is 13.9. The minimum atomic E-state index is -0.655. The van der Waals surface area contributed by atoms with Crippen LogP contribution in [0, 0.1) is 0 Å². The van der Waals surface area contributed by atoms with Gasteiger partial charge in [-0.05, 0) is 18.6 Å². The van der Waals surface area contributed by atoms with Crippen LogP contribution in [0.15, 0.2) is 36.4 Å². The van der Waals surface area contributed by atoms with Crippen molar-refractivity contribution in [2.24, 2.45) is 0 Å². The zero-order chi connectivity index (χ0) is 13.4. The molecule has 5 nitrogen and oxygen atoms in total. The predicted molar refractivity (Wildman–Crippen MR) is 68.2 cm³/mol. The van der Waals surface area contributed by atoms with Crippen LogP contribution < -0.4 is 10.8 Å². The second-order valence-electron chi connectivity index (χ2n) is 3.64. The van der Waals surface area contributed by atoms with Crippen LogP contribution in [-0.4, -0.2) is 25.0 Å². The SMILES string of the molecule is CONC(=O)C(C)NC(=O)C=Cc1ccccc1. The molecule has 1 aromatic rings. The topological polar surface area (TPSA) is 67.4 Å². The van der Waals surface area contributed by atoms with Crippen LogP contribution >= 0.6 is 0 Å². The summed E-state index contributed by atoms with van der Waals surface area (Å²) in [5.74, 6) is -0.739. The Bertz CT molecular complexity index is 429. The molecule has 96 valence electrons. The Kier molecular flexibility index (Phi) is 5.60. The van der Waals surface area contributed by atoms with Gasteiger partial charge in [0.25, 0.3) is 5.91 Å². The lowest BCUT2D eigenvalue weighted by molar-refractivity contribution is -0.135. The van der Waals surface area contributed by atoms with Gasteiger partial charge in [-0.1, -0.05) is 30.3 Å². The molecule has 0 radical (unpaired) electrons. The third kappa shape index (κ3) is 4.80. The average molecular weight is 248 g/mol. The number of hydrogen-bond donors (Lipinski definition) is 2. The molecule has 2 N–H and O–H groups in total. The Morgan fingerprint density at radius 3 is 2.56 bits per heavy atom. The van der Waals surface area contributed by atoms with Crippen LogP contribution in [0.25, 0.3) is 6.08 Å². The molecule has 0 saturated heterocycles. The maximum Gasteiger partial charge on any atom is 0.265 e. The average Bonchev–Trinajstić information content (AvgIpc) is 2.38. The van der Waals surface area contributed by atoms with Crippen LogP contribution in [0.5, 0.6) is 0 Å². The number of nitrogens with one attached hydrogen (secondary N) is 2. The van der Waals surface area contributed by atoms with Gasteiger partial charge in [0, 0.05) is 6.08 Å². The van der Waals surface area contributed by atoms with Gasteiger partial charge in [0.1, 0.15) is 6.04 Å². The predicted octanol–water partition coefficient (Wildman–Crippen LogP) is 0.882. The van der Waals surface area contributed by atoms with Crippen molar-refractivity contribution in [3.8, 4) is 0 Å². The molecule has 5 heteroatoms. The quantitative estimate of drug-likeness (QED) is 0.600. The molecule has 18 heavy (non-hydrogen) atoms. The lowest BCUT2D eigenvalue weighted by Gasteiger charge is -2.10. The lowest BCUT2D eigenvalue weighted by atomic mass is 10.2. The number of carbonyl (C=O) groups excluding carboxylic acids is 2. The summed E-state index contributed by atoms with van der Waals surface area (Å²) < 4.78 is 0. The molecular weight excluding hydrogens is 232 g/mol. The summed E-state index contributed by atoms with van der Waals surface area (Å²) in [4.78, 5) is 27.3. The highest BCUT2D eigenvalue weighted by Gasteiger charge is 2.13. The molecule has 1 unspecified atom stereocenters. The van der Waals surface area contributed by atoms with Crippen molar-refractivity contribution >= 4 is 17.9 Å². The fraction of sp³-hybridized carbons (Fsp3) is 0.231. The summed E-state index contributed by atoms with van der Waals surface area (Å²) in [7, 11) is 1.34. The molecule has 0 spiro atoms. The van der Waals surface area contributed by atoms with E-state index in [0.717, 1.165) is 5.56 Å². The van der Waals surface area contributed by atoms with E-state index in [9.17, 15) is 9.59 Å². The second-order valence-corrected chi connectivity index (χ2v) is 3.64. The molecule has 0 fully saturated rings. The second kappa shape index (κ2) is 7.24. The number of hydrogen-bond acceptors (Lipinski definition) is 3. The van der Waals surface area contributed by atoms with Crippen LogP contribution in [0.3, 0.4) is 0 Å². The number of benzene rings is 1. The van der Waals surface area contributed by atoms with E-state index in [-0.39, 0.29) is 5.91 Å². The summed E-state index contributed by atoms with van der Waals surface area (Å²) in [6.07, 6.45) is 3.06. The smallest absolute Gasteiger partial charge is 0.265 e. The number of rotatable bonds is 5. The van der Waals surface area contributed by atoms with E-state index in [0.29, 0.717) is 0 Å². The molecule has 1 aromatic carbocycles. The van der Waals surface area contributed by atoms with E-state index in [1.54, 1.807) is 13.0 Å². The third-order valence-corrected chi connectivity index (χ3v) is 2.18. The number of carbonyl (C=O) groups is 2. The molecule has 0 aromatic heterocycles. The Balaban J connectivity index is 2.47. The van der Waals surface area contributed by atoms with Gasteiger partial charge in [-0.3, -0.25) is 14.4 Å². The van der Waals surface area contributed by atoms with Gasteiger partial charge in [0.2, 0.25) is 5.91 Å². The fourth-order valence-corrected chi connectivity index (χ4v) is 1.25. The molecular formula is C13H16N2O3. The van der Waals surface area contributed by atoms with Gasteiger partial charge in [0.15, 0.2) is 0 Å². The van der Waals surface area contributed by atoms with Gasteiger partial charge in [-0.2, -0.15) is 0 Å². The molecule has 0 saturated carbocycles. The maximum absolute atomic E-state index is 11.5. The first-order valence-electron chi connectivity index (χ1n) is 5.50. The highest BCUT2D eigenvalue weighted by molar-refractivity contribution is 5.95. The first-order chi connectivity index (χ1) is 8.63. The van der Waals surface area contributed by atoms with E-state index < -0.39 is 11.9 Å². The summed E-state index contributed by atoms with van der Waals surface area (Å²) >= 11 is 0. The summed E-state index contributed by atoms with van der Waals surface area (Å²) in [6, 6.07) is 8.76. The minimum absolute atomic E-state index is 0.336. The number of hydroxylamine groups is 1. The third-order valence-electron chi connectivity index (χ3n) is 2.18. The van der Waals surface area contributed by atoms with Crippen LogP contribution in [-0.2, 0) is 14.4 Å². The van der Waals surface area contributed by atoms with Crippen molar-refractivity contribution in [3.63, 3.8) is 0 Å². The Morgan fingerprint density at radius 2 is 1.94 bits per heavy atom. The Labute approximate surface area is 106 Å². The summed E-state index contributed by atoms with van der Waals surface area (Å²) in [5, 5.41) is 2.52. The summed E-state index contributed by atoms with van der Waals surface area (Å²) in [5.41, 5.74) is 3.06. The summed E-state index contributed by atoms with van der Waals surface area (Å²) in [6.45, 7) is 1.57. The van der Waals surface area contributed by atoms with Crippen molar-refractivity contribution < 1.29 is 14.4 Å². The van der Waals surface area contributed by atoms with Gasteiger partial charge in [-0.15, -0.1) is 0 Å². The normalized spacial score (nSPS) is 12.1. The standard InChI is InChI=1S/C13H16N2O3/c1-10(13(17)15-18-2)14-12(16)9-8-11-6-4-3-5-7-11/h3-10H,1-2H3,(H,14,16)(H,15,17). The monoisotopic (exact) mass is 248 g/mol. The van der Waals surface area contributed by atoms with Crippen molar-refractivity contribution in [1.29, 1.82) is 0 Å². The van der Waals surface area contributed by atoms with Crippen LogP contribution in [0.1, 0.15) is 12.5 Å². The zero-order valence-corrected chi connectivity index (χ0v) is 10.3. The van der Waals surface area contributed by atoms with Crippen LogP contribution in [0.2, 0.25) is 0 Å². The molecule has 0 heterocycles. The van der Waals surface area contributed by atoms with Gasteiger partial charge in [-0.25, -0.2) is 5.48 Å². The van der Waals surface area contributed by atoms with E-state index in [4.69, 9.17) is 0 Å². The molecule has 0 aliphatic heterocycles. The van der Waals surface area contributed by atoms with Gasteiger partial charge >= 0.3 is 0 Å². The minimum Gasteiger partial charge on any atom is -0.341 e. The fourth-order valence-electron chi connectivity index (χ4n) is 1.25. The zero-order valence-electron chi connectivity index (χ0n) is 10.3. The van der Waals surface area contributed by atoms with Crippen molar-refractivity contribution in [1.82, 2.24) is 10.8 Å². The van der Waals surface area contributed by atoms with E-state index in [2.05, 4.69) is 15.6 Å². The van der Waals surface area contributed by atoms with Gasteiger partial charge < -0.3 is 5.32 Å². The van der Waals surface area contributed by atoms with E-state index in [1.165, 1.54) is 13.2 Å². The molecule has 0 bridgehead atoms. The molecule has 1 rings (SSSR count). The molecule has 0 aliphatic carbocycles. The van der Waals surface area contributed by atoms with Crippen molar-refractivity contribution in [2.45, 2.75) is 13.0 Å². The van der Waals surface area contributed by atoms with Crippen LogP contribution in [0.4, 0.5) is 0 Å². The van der Waals surface area contributed by atoms with Crippen molar-refractivity contribution in [3.05, 3.63) is 42.0 Å². The number of amides is 2. The Morgan fingerprint density at radius 1 is 1.28 bits per heavy atom. The highest BCUT2D eigenvalue weighted by atomic mass is 16.6. The van der Waals surface area contributed by atoms with E-state index >= 15 is 0 Å².